The summed E-state index contributed by atoms with van der Waals surface area (Å²) < 4.78 is 0. The number of hydrogen-bond acceptors (Lipinski definition) is 1. The lowest BCUT2D eigenvalue weighted by atomic mass is 9.82. The Morgan fingerprint density at radius 3 is 2.17 bits per heavy atom. The zero-order valence-electron chi connectivity index (χ0n) is 14.9. The van der Waals surface area contributed by atoms with Crippen LogP contribution in [0.2, 0.25) is 0 Å². The maximum atomic E-state index is 9.01. The second kappa shape index (κ2) is 7.05. The molecule has 1 aliphatic rings. The largest absolute Gasteiger partial charge is 0.192 e. The maximum Gasteiger partial charge on any atom is 0.0991 e. The molecule has 3 rings (SSSR count). The van der Waals surface area contributed by atoms with Crippen LogP contribution >= 0.6 is 0 Å². The second-order valence-electron chi connectivity index (χ2n) is 7.03. The number of nitrogens with zero attached hydrogens (tertiary/aromatic N) is 1. The van der Waals surface area contributed by atoms with Gasteiger partial charge in [-0.05, 0) is 92.8 Å². The summed E-state index contributed by atoms with van der Waals surface area (Å²) in [7, 11) is 0. The first-order chi connectivity index (χ1) is 11.6. The molecule has 0 saturated carbocycles. The van der Waals surface area contributed by atoms with E-state index in [1.807, 2.05) is 12.1 Å². The van der Waals surface area contributed by atoms with Gasteiger partial charge in [0.05, 0.1) is 11.6 Å². The standard InChI is InChI=1S/C23H25N/c1-16-12-17(2)23(18(3)13-16)14-21-6-4-5-7-22(21)20-10-8-19(15-24)9-11-20/h8-13H,4-7,14H2,1-3H3. The Kier molecular flexibility index (Phi) is 4.86. The van der Waals surface area contributed by atoms with Gasteiger partial charge in [0.2, 0.25) is 0 Å². The Morgan fingerprint density at radius 2 is 1.54 bits per heavy atom. The third-order valence-corrected chi connectivity index (χ3v) is 5.18. The molecule has 0 unspecified atom stereocenters. The average molecular weight is 315 g/mol. The van der Waals surface area contributed by atoms with Gasteiger partial charge in [-0.15, -0.1) is 0 Å². The fourth-order valence-corrected chi connectivity index (χ4v) is 3.96. The highest BCUT2D eigenvalue weighted by Gasteiger charge is 2.16. The van der Waals surface area contributed by atoms with Gasteiger partial charge in [-0.2, -0.15) is 5.26 Å². The molecular weight excluding hydrogens is 290 g/mol. The number of aryl methyl sites for hydroxylation is 3. The van der Waals surface area contributed by atoms with Crippen LogP contribution in [-0.4, -0.2) is 0 Å². The fraction of sp³-hybridized carbons (Fsp3) is 0.348. The van der Waals surface area contributed by atoms with Gasteiger partial charge in [0, 0.05) is 0 Å². The lowest BCUT2D eigenvalue weighted by molar-refractivity contribution is 0.700. The predicted octanol–water partition coefficient (Wildman–Crippen LogP) is 6.05. The Morgan fingerprint density at radius 1 is 0.917 bits per heavy atom. The molecule has 0 fully saturated rings. The molecular formula is C23H25N. The molecule has 1 heteroatoms. The molecule has 0 aliphatic heterocycles. The summed E-state index contributed by atoms with van der Waals surface area (Å²) in [4.78, 5) is 0. The number of hydrogen-bond donors (Lipinski definition) is 0. The predicted molar refractivity (Wildman–Crippen MR) is 101 cm³/mol. The molecule has 2 aromatic carbocycles. The van der Waals surface area contributed by atoms with Gasteiger partial charge in [-0.1, -0.05) is 35.4 Å². The number of nitriles is 1. The van der Waals surface area contributed by atoms with E-state index in [4.69, 9.17) is 5.26 Å². The molecule has 0 atom stereocenters. The summed E-state index contributed by atoms with van der Waals surface area (Å²) in [5.74, 6) is 0. The summed E-state index contributed by atoms with van der Waals surface area (Å²) in [6.07, 6.45) is 5.98. The highest BCUT2D eigenvalue weighted by atomic mass is 14.2. The van der Waals surface area contributed by atoms with Crippen LogP contribution in [0.4, 0.5) is 0 Å². The quantitative estimate of drug-likeness (QED) is 0.676. The van der Waals surface area contributed by atoms with Crippen LogP contribution in [-0.2, 0) is 6.42 Å². The minimum atomic E-state index is 0.738. The highest BCUT2D eigenvalue weighted by Crippen LogP contribution is 2.35. The van der Waals surface area contributed by atoms with Crippen molar-refractivity contribution >= 4 is 5.57 Å². The van der Waals surface area contributed by atoms with E-state index < -0.39 is 0 Å². The lowest BCUT2D eigenvalue weighted by Gasteiger charge is -2.23. The third kappa shape index (κ3) is 3.44. The van der Waals surface area contributed by atoms with Crippen LogP contribution in [0.15, 0.2) is 42.0 Å². The van der Waals surface area contributed by atoms with Gasteiger partial charge in [0.15, 0.2) is 0 Å². The van der Waals surface area contributed by atoms with Gasteiger partial charge in [-0.25, -0.2) is 0 Å². The summed E-state index contributed by atoms with van der Waals surface area (Å²) in [6, 6.07) is 14.9. The van der Waals surface area contributed by atoms with Crippen molar-refractivity contribution in [2.45, 2.75) is 52.9 Å². The van der Waals surface area contributed by atoms with Crippen molar-refractivity contribution in [3.05, 3.63) is 75.4 Å². The molecule has 0 aromatic heterocycles. The first kappa shape index (κ1) is 16.5. The molecule has 0 bridgehead atoms. The van der Waals surface area contributed by atoms with E-state index >= 15 is 0 Å². The number of allylic oxidation sites excluding steroid dienone is 2. The first-order valence-electron chi connectivity index (χ1n) is 8.86. The topological polar surface area (TPSA) is 23.8 Å². The van der Waals surface area contributed by atoms with E-state index in [1.54, 1.807) is 5.57 Å². The van der Waals surface area contributed by atoms with E-state index in [2.05, 4.69) is 51.1 Å². The van der Waals surface area contributed by atoms with Crippen molar-refractivity contribution in [3.63, 3.8) is 0 Å². The molecule has 1 nitrogen and oxygen atoms in total. The number of rotatable bonds is 3. The normalized spacial score (nSPS) is 14.6. The monoisotopic (exact) mass is 315 g/mol. The molecule has 122 valence electrons. The van der Waals surface area contributed by atoms with Gasteiger partial charge in [0.25, 0.3) is 0 Å². The lowest BCUT2D eigenvalue weighted by Crippen LogP contribution is -2.05. The summed E-state index contributed by atoms with van der Waals surface area (Å²) in [5.41, 5.74) is 10.8. The molecule has 1 aliphatic carbocycles. The van der Waals surface area contributed by atoms with Crippen molar-refractivity contribution in [2.24, 2.45) is 0 Å². The average Bonchev–Trinajstić information content (AvgIpc) is 2.58. The highest BCUT2D eigenvalue weighted by molar-refractivity contribution is 5.70. The van der Waals surface area contributed by atoms with E-state index in [0.29, 0.717) is 0 Å². The molecule has 0 amide bonds. The van der Waals surface area contributed by atoms with Gasteiger partial charge in [-0.3, -0.25) is 0 Å². The summed E-state index contributed by atoms with van der Waals surface area (Å²) in [5, 5.41) is 9.01. The molecule has 0 spiro atoms. The Labute approximate surface area is 145 Å². The van der Waals surface area contributed by atoms with Crippen molar-refractivity contribution in [1.82, 2.24) is 0 Å². The van der Waals surface area contributed by atoms with E-state index in [9.17, 15) is 0 Å². The molecule has 0 N–H and O–H groups in total. The van der Waals surface area contributed by atoms with Gasteiger partial charge >= 0.3 is 0 Å². The first-order valence-corrected chi connectivity index (χ1v) is 8.86. The van der Waals surface area contributed by atoms with E-state index in [-0.39, 0.29) is 0 Å². The molecule has 24 heavy (non-hydrogen) atoms. The van der Waals surface area contributed by atoms with Crippen LogP contribution in [0.3, 0.4) is 0 Å². The van der Waals surface area contributed by atoms with Gasteiger partial charge in [0.1, 0.15) is 0 Å². The minimum Gasteiger partial charge on any atom is -0.192 e. The Balaban J connectivity index is 1.99. The van der Waals surface area contributed by atoms with Crippen LogP contribution in [0.1, 0.15) is 59.1 Å². The summed E-state index contributed by atoms with van der Waals surface area (Å²) >= 11 is 0. The van der Waals surface area contributed by atoms with E-state index in [1.165, 1.54) is 52.7 Å². The minimum absolute atomic E-state index is 0.738. The van der Waals surface area contributed by atoms with Crippen molar-refractivity contribution < 1.29 is 0 Å². The van der Waals surface area contributed by atoms with Crippen molar-refractivity contribution in [3.8, 4) is 6.07 Å². The second-order valence-corrected chi connectivity index (χ2v) is 7.03. The van der Waals surface area contributed by atoms with Crippen LogP contribution in [0.25, 0.3) is 5.57 Å². The SMILES string of the molecule is Cc1cc(C)c(CC2=C(c3ccc(C#N)cc3)CCCC2)c(C)c1. The molecule has 0 heterocycles. The maximum absolute atomic E-state index is 9.01. The Hall–Kier alpha value is -2.33. The zero-order valence-corrected chi connectivity index (χ0v) is 14.9. The van der Waals surface area contributed by atoms with Crippen molar-refractivity contribution in [2.75, 3.05) is 0 Å². The van der Waals surface area contributed by atoms with Crippen molar-refractivity contribution in [1.29, 1.82) is 5.26 Å². The summed E-state index contributed by atoms with van der Waals surface area (Å²) in [6.45, 7) is 6.64. The van der Waals surface area contributed by atoms with Crippen LogP contribution < -0.4 is 0 Å². The zero-order chi connectivity index (χ0) is 17.1. The van der Waals surface area contributed by atoms with Gasteiger partial charge < -0.3 is 0 Å². The van der Waals surface area contributed by atoms with Crippen LogP contribution in [0.5, 0.6) is 0 Å². The smallest absolute Gasteiger partial charge is 0.0991 e. The molecule has 0 saturated heterocycles. The Bertz CT molecular complexity index is 793. The number of benzene rings is 2. The van der Waals surface area contributed by atoms with Crippen LogP contribution in [0, 0.1) is 32.1 Å². The molecule has 0 radical (unpaired) electrons. The molecule has 2 aromatic rings. The van der Waals surface area contributed by atoms with E-state index in [0.717, 1.165) is 18.4 Å². The fourth-order valence-electron chi connectivity index (χ4n) is 3.96. The third-order valence-electron chi connectivity index (χ3n) is 5.18.